The Hall–Kier alpha value is -2.25. The van der Waals surface area contributed by atoms with Gasteiger partial charge in [0.15, 0.2) is 11.6 Å². The summed E-state index contributed by atoms with van der Waals surface area (Å²) < 4.78 is 2.16. The van der Waals surface area contributed by atoms with Crippen LogP contribution in [-0.2, 0) is 24.3 Å². The van der Waals surface area contributed by atoms with E-state index in [1.165, 1.54) is 5.56 Å². The zero-order valence-electron chi connectivity index (χ0n) is 17.4. The maximum absolute atomic E-state index is 12.7. The lowest BCUT2D eigenvalue weighted by Gasteiger charge is -2.31. The number of aliphatic hydroxyl groups excluding tert-OH is 1. The summed E-state index contributed by atoms with van der Waals surface area (Å²) in [5.74, 6) is 1.98. The molecule has 7 heteroatoms. The maximum Gasteiger partial charge on any atom is 0.223 e. The monoisotopic (exact) mass is 397 g/mol. The van der Waals surface area contributed by atoms with Crippen LogP contribution in [0.2, 0.25) is 0 Å². The minimum absolute atomic E-state index is 0.0966. The molecule has 29 heavy (non-hydrogen) atoms. The molecule has 3 heterocycles. The number of carbonyl (C=O) groups excluding carboxylic acids is 1. The SMILES string of the molecule is CC(C)N1C[C@H](O)C[C@H]1c1nnc2n1CCN(C(=O)CCCc1ccccc1)C2. The second-order valence-corrected chi connectivity index (χ2v) is 8.48. The summed E-state index contributed by atoms with van der Waals surface area (Å²) in [7, 11) is 0. The van der Waals surface area contributed by atoms with Crippen molar-refractivity contribution >= 4 is 5.91 Å². The Labute approximate surface area is 172 Å². The predicted molar refractivity (Wildman–Crippen MR) is 110 cm³/mol. The fourth-order valence-electron chi connectivity index (χ4n) is 4.55. The molecule has 7 nitrogen and oxygen atoms in total. The average molecular weight is 398 g/mol. The first-order valence-corrected chi connectivity index (χ1v) is 10.7. The molecule has 0 bridgehead atoms. The van der Waals surface area contributed by atoms with Crippen LogP contribution in [0.1, 0.15) is 56.4 Å². The van der Waals surface area contributed by atoms with E-state index in [1.807, 2.05) is 23.1 Å². The van der Waals surface area contributed by atoms with Crippen molar-refractivity contribution in [1.82, 2.24) is 24.6 Å². The number of fused-ring (bicyclic) bond motifs is 1. The number of amides is 1. The number of aliphatic hydroxyl groups is 1. The number of nitrogens with zero attached hydrogens (tertiary/aromatic N) is 5. The Bertz CT molecular complexity index is 835. The highest BCUT2D eigenvalue weighted by Crippen LogP contribution is 2.33. The number of rotatable bonds is 6. The van der Waals surface area contributed by atoms with Crippen molar-refractivity contribution in [2.45, 2.75) is 70.8 Å². The van der Waals surface area contributed by atoms with Gasteiger partial charge < -0.3 is 14.6 Å². The second kappa shape index (κ2) is 8.63. The third kappa shape index (κ3) is 4.36. The van der Waals surface area contributed by atoms with Gasteiger partial charge in [0.25, 0.3) is 0 Å². The van der Waals surface area contributed by atoms with Gasteiger partial charge in [-0.3, -0.25) is 9.69 Å². The van der Waals surface area contributed by atoms with Crippen LogP contribution in [0.25, 0.3) is 0 Å². The Kier molecular flexibility index (Phi) is 5.96. The molecule has 0 aliphatic carbocycles. The van der Waals surface area contributed by atoms with Crippen LogP contribution in [-0.4, -0.2) is 60.8 Å². The van der Waals surface area contributed by atoms with Gasteiger partial charge in [0.1, 0.15) is 0 Å². The first-order valence-electron chi connectivity index (χ1n) is 10.7. The molecule has 0 spiro atoms. The van der Waals surface area contributed by atoms with Crippen LogP contribution in [0.5, 0.6) is 0 Å². The van der Waals surface area contributed by atoms with Crippen molar-refractivity contribution in [2.75, 3.05) is 13.1 Å². The van der Waals surface area contributed by atoms with Crippen LogP contribution < -0.4 is 0 Å². The number of benzene rings is 1. The van der Waals surface area contributed by atoms with E-state index in [1.54, 1.807) is 0 Å². The molecule has 1 amide bonds. The van der Waals surface area contributed by atoms with Crippen molar-refractivity contribution in [3.8, 4) is 0 Å². The molecular formula is C22H31N5O2. The number of hydrogen-bond donors (Lipinski definition) is 1. The molecule has 2 aliphatic rings. The summed E-state index contributed by atoms with van der Waals surface area (Å²) in [6.07, 6.45) is 2.72. The van der Waals surface area contributed by atoms with E-state index >= 15 is 0 Å². The molecule has 0 unspecified atom stereocenters. The Morgan fingerprint density at radius 1 is 1.21 bits per heavy atom. The van der Waals surface area contributed by atoms with Crippen LogP contribution in [0.15, 0.2) is 30.3 Å². The molecule has 2 aliphatic heterocycles. The summed E-state index contributed by atoms with van der Waals surface area (Å²) in [5.41, 5.74) is 1.27. The maximum atomic E-state index is 12.7. The van der Waals surface area contributed by atoms with Crippen molar-refractivity contribution in [1.29, 1.82) is 0 Å². The molecule has 2 atom stereocenters. The fourth-order valence-corrected chi connectivity index (χ4v) is 4.55. The molecule has 1 fully saturated rings. The first kappa shape index (κ1) is 20.0. The van der Waals surface area contributed by atoms with Gasteiger partial charge in [-0.05, 0) is 38.7 Å². The summed E-state index contributed by atoms with van der Waals surface area (Å²) in [4.78, 5) is 16.9. The quantitative estimate of drug-likeness (QED) is 0.809. The average Bonchev–Trinajstić information content (AvgIpc) is 3.31. The molecule has 0 saturated carbocycles. The van der Waals surface area contributed by atoms with E-state index in [-0.39, 0.29) is 18.1 Å². The first-order chi connectivity index (χ1) is 14.0. The highest BCUT2D eigenvalue weighted by Gasteiger charge is 2.38. The van der Waals surface area contributed by atoms with E-state index in [0.29, 0.717) is 38.5 Å². The molecule has 1 N–H and O–H groups in total. The van der Waals surface area contributed by atoms with E-state index in [2.05, 4.69) is 45.6 Å². The van der Waals surface area contributed by atoms with Gasteiger partial charge in [-0.1, -0.05) is 30.3 Å². The highest BCUT2D eigenvalue weighted by atomic mass is 16.3. The second-order valence-electron chi connectivity index (χ2n) is 8.48. The molecule has 4 rings (SSSR count). The highest BCUT2D eigenvalue weighted by molar-refractivity contribution is 5.76. The number of hydrogen-bond acceptors (Lipinski definition) is 5. The lowest BCUT2D eigenvalue weighted by Crippen LogP contribution is -2.39. The van der Waals surface area contributed by atoms with Gasteiger partial charge in [-0.25, -0.2) is 0 Å². The van der Waals surface area contributed by atoms with Crippen molar-refractivity contribution < 1.29 is 9.90 Å². The Balaban J connectivity index is 1.36. The van der Waals surface area contributed by atoms with Gasteiger partial charge >= 0.3 is 0 Å². The van der Waals surface area contributed by atoms with Gasteiger partial charge in [0.2, 0.25) is 5.91 Å². The van der Waals surface area contributed by atoms with Crippen molar-refractivity contribution in [3.05, 3.63) is 47.5 Å². The minimum Gasteiger partial charge on any atom is -0.392 e. The lowest BCUT2D eigenvalue weighted by molar-refractivity contribution is -0.132. The summed E-state index contributed by atoms with van der Waals surface area (Å²) in [5, 5.41) is 19.0. The number of β-amino-alcohol motifs (C(OH)–C–C–N with tert-alkyl or cyclic N) is 1. The van der Waals surface area contributed by atoms with Crippen LogP contribution in [0.3, 0.4) is 0 Å². The van der Waals surface area contributed by atoms with Crippen molar-refractivity contribution in [3.63, 3.8) is 0 Å². The van der Waals surface area contributed by atoms with Crippen LogP contribution in [0, 0.1) is 0 Å². The molecule has 2 aromatic rings. The smallest absolute Gasteiger partial charge is 0.223 e. The van der Waals surface area contributed by atoms with Gasteiger partial charge in [-0.15, -0.1) is 10.2 Å². The topological polar surface area (TPSA) is 74.5 Å². The predicted octanol–water partition coefficient (Wildman–Crippen LogP) is 2.16. The van der Waals surface area contributed by atoms with Gasteiger partial charge in [-0.2, -0.15) is 0 Å². The zero-order valence-corrected chi connectivity index (χ0v) is 17.4. The normalized spacial score (nSPS) is 22.3. The number of carbonyl (C=O) groups is 1. The molecule has 0 radical (unpaired) electrons. The van der Waals surface area contributed by atoms with Crippen molar-refractivity contribution in [2.24, 2.45) is 0 Å². The number of aryl methyl sites for hydroxylation is 1. The van der Waals surface area contributed by atoms with E-state index in [9.17, 15) is 9.90 Å². The minimum atomic E-state index is -0.318. The van der Waals surface area contributed by atoms with E-state index < -0.39 is 0 Å². The summed E-state index contributed by atoms with van der Waals surface area (Å²) >= 11 is 0. The third-order valence-electron chi connectivity index (χ3n) is 6.11. The molecule has 1 saturated heterocycles. The Morgan fingerprint density at radius 3 is 2.76 bits per heavy atom. The standard InChI is InChI=1S/C22H31N5O2/c1-16(2)27-14-18(28)13-19(27)22-24-23-20-15-25(11-12-26(20)22)21(29)10-6-9-17-7-4-3-5-8-17/h3-5,7-8,16,18-19,28H,6,9-15H2,1-2H3/t18-,19+/m1/s1. The van der Waals surface area contributed by atoms with Gasteiger partial charge in [0, 0.05) is 32.1 Å². The van der Waals surface area contributed by atoms with Crippen LogP contribution in [0.4, 0.5) is 0 Å². The third-order valence-corrected chi connectivity index (χ3v) is 6.11. The molecule has 1 aromatic carbocycles. The molecular weight excluding hydrogens is 366 g/mol. The summed E-state index contributed by atoms with van der Waals surface area (Å²) in [6, 6.07) is 10.7. The zero-order chi connectivity index (χ0) is 20.4. The van der Waals surface area contributed by atoms with E-state index in [4.69, 9.17) is 0 Å². The Morgan fingerprint density at radius 2 is 2.00 bits per heavy atom. The van der Waals surface area contributed by atoms with Crippen LogP contribution >= 0.6 is 0 Å². The summed E-state index contributed by atoms with van der Waals surface area (Å²) in [6.45, 7) is 6.91. The number of likely N-dealkylation sites (tertiary alicyclic amines) is 1. The molecule has 1 aromatic heterocycles. The lowest BCUT2D eigenvalue weighted by atomic mass is 10.1. The number of aromatic nitrogens is 3. The van der Waals surface area contributed by atoms with Gasteiger partial charge in [0.05, 0.1) is 18.7 Å². The largest absolute Gasteiger partial charge is 0.392 e. The van der Waals surface area contributed by atoms with E-state index in [0.717, 1.165) is 31.0 Å². The molecule has 156 valence electrons. The fraction of sp³-hybridized carbons (Fsp3) is 0.591.